The van der Waals surface area contributed by atoms with Crippen LogP contribution in [0.25, 0.3) is 11.1 Å². The van der Waals surface area contributed by atoms with Crippen LogP contribution >= 0.6 is 0 Å². The standard InChI is InChI=1S/C30H38N2O4S/c1-19(2)26-15-24(23-9-7-8-22(14-23)18-33)16-27(20(3)4)28(26)29(37(35)36)30(34)31-25-12-10-21(11-13-25)17-32(5)6/h7-16,19-20,29,33H,17-18H2,1-6H3,(H,31,34)(H,35,36)/p-1. The van der Waals surface area contributed by atoms with Gasteiger partial charge in [-0.1, -0.05) is 70.2 Å². The lowest BCUT2D eigenvalue weighted by Gasteiger charge is -2.29. The zero-order chi connectivity index (χ0) is 27.3. The van der Waals surface area contributed by atoms with Gasteiger partial charge in [0, 0.05) is 12.2 Å². The highest BCUT2D eigenvalue weighted by Gasteiger charge is 2.30. The van der Waals surface area contributed by atoms with Crippen LogP contribution in [0, 0.1) is 0 Å². The van der Waals surface area contributed by atoms with E-state index >= 15 is 0 Å². The Morgan fingerprint density at radius 2 is 1.51 bits per heavy atom. The van der Waals surface area contributed by atoms with Crippen molar-refractivity contribution in [3.05, 3.63) is 88.5 Å². The molecule has 0 aromatic heterocycles. The number of aliphatic hydroxyl groups is 1. The summed E-state index contributed by atoms with van der Waals surface area (Å²) < 4.78 is 25.2. The summed E-state index contributed by atoms with van der Waals surface area (Å²) in [5, 5.41) is 11.1. The predicted octanol–water partition coefficient (Wildman–Crippen LogP) is 5.71. The molecule has 0 aliphatic heterocycles. The van der Waals surface area contributed by atoms with E-state index in [0.29, 0.717) is 11.3 Å². The van der Waals surface area contributed by atoms with Crippen LogP contribution in [-0.2, 0) is 29.0 Å². The molecule has 7 heteroatoms. The van der Waals surface area contributed by atoms with Gasteiger partial charge in [0.2, 0.25) is 5.91 Å². The van der Waals surface area contributed by atoms with Gasteiger partial charge in [-0.3, -0.25) is 9.00 Å². The molecule has 3 aromatic rings. The zero-order valence-corrected chi connectivity index (χ0v) is 23.3. The molecule has 0 bridgehead atoms. The van der Waals surface area contributed by atoms with Crippen molar-refractivity contribution in [3.8, 4) is 11.1 Å². The molecule has 3 aromatic carbocycles. The van der Waals surface area contributed by atoms with Crippen molar-refractivity contribution in [1.29, 1.82) is 0 Å². The van der Waals surface area contributed by atoms with E-state index in [1.807, 2.05) is 90.3 Å². The number of hydrogen-bond acceptors (Lipinski definition) is 5. The number of anilines is 1. The Kier molecular flexibility index (Phi) is 9.79. The first-order valence-corrected chi connectivity index (χ1v) is 13.7. The summed E-state index contributed by atoms with van der Waals surface area (Å²) in [5.41, 5.74) is 6.50. The van der Waals surface area contributed by atoms with E-state index in [0.717, 1.165) is 39.9 Å². The Labute approximate surface area is 223 Å². The third-order valence-electron chi connectivity index (χ3n) is 6.34. The molecule has 0 saturated heterocycles. The van der Waals surface area contributed by atoms with Crippen LogP contribution in [0.3, 0.4) is 0 Å². The minimum absolute atomic E-state index is 0.0161. The van der Waals surface area contributed by atoms with Crippen molar-refractivity contribution in [3.63, 3.8) is 0 Å². The van der Waals surface area contributed by atoms with Gasteiger partial charge in [-0.2, -0.15) is 0 Å². The van der Waals surface area contributed by atoms with Crippen molar-refractivity contribution in [2.24, 2.45) is 0 Å². The van der Waals surface area contributed by atoms with Gasteiger partial charge in [0.05, 0.1) is 6.61 Å². The van der Waals surface area contributed by atoms with Gasteiger partial charge in [0.25, 0.3) is 0 Å². The molecule has 0 radical (unpaired) electrons. The van der Waals surface area contributed by atoms with Crippen LogP contribution in [0.4, 0.5) is 5.69 Å². The van der Waals surface area contributed by atoms with E-state index in [4.69, 9.17) is 0 Å². The van der Waals surface area contributed by atoms with E-state index in [2.05, 4.69) is 10.2 Å². The first-order chi connectivity index (χ1) is 17.5. The second kappa shape index (κ2) is 12.6. The van der Waals surface area contributed by atoms with Gasteiger partial charge in [-0.15, -0.1) is 0 Å². The molecule has 3 rings (SSSR count). The second-order valence-corrected chi connectivity index (χ2v) is 11.3. The quantitative estimate of drug-likeness (QED) is 0.333. The number of carbonyl (C=O) groups is 1. The first kappa shape index (κ1) is 28.7. The molecule has 0 aliphatic carbocycles. The Bertz CT molecular complexity index is 1220. The Morgan fingerprint density at radius 3 is 2.00 bits per heavy atom. The summed E-state index contributed by atoms with van der Waals surface area (Å²) in [6.45, 7) is 8.72. The number of rotatable bonds is 10. The maximum absolute atomic E-state index is 13.5. The van der Waals surface area contributed by atoms with E-state index in [1.54, 1.807) is 12.1 Å². The summed E-state index contributed by atoms with van der Waals surface area (Å²) in [6, 6.07) is 19.1. The van der Waals surface area contributed by atoms with E-state index in [1.165, 1.54) is 0 Å². The average molecular weight is 522 g/mol. The smallest absolute Gasteiger partial charge is 0.243 e. The molecule has 2 atom stereocenters. The van der Waals surface area contributed by atoms with Gasteiger partial charge >= 0.3 is 0 Å². The van der Waals surface area contributed by atoms with Crippen molar-refractivity contribution < 1.29 is 18.7 Å². The number of hydrogen-bond donors (Lipinski definition) is 2. The molecule has 0 spiro atoms. The van der Waals surface area contributed by atoms with E-state index in [9.17, 15) is 18.7 Å². The molecule has 37 heavy (non-hydrogen) atoms. The van der Waals surface area contributed by atoms with Gasteiger partial charge in [-0.25, -0.2) is 0 Å². The summed E-state index contributed by atoms with van der Waals surface area (Å²) in [4.78, 5) is 15.5. The fourth-order valence-corrected chi connectivity index (χ4v) is 5.25. The lowest BCUT2D eigenvalue weighted by Crippen LogP contribution is -2.27. The van der Waals surface area contributed by atoms with Gasteiger partial charge in [-0.05, 0) is 94.2 Å². The van der Waals surface area contributed by atoms with Crippen LogP contribution < -0.4 is 5.32 Å². The number of nitrogens with zero attached hydrogens (tertiary/aromatic N) is 1. The molecular formula is C30H37N2O4S-. The first-order valence-electron chi connectivity index (χ1n) is 12.5. The highest BCUT2D eigenvalue weighted by atomic mass is 32.2. The molecule has 6 nitrogen and oxygen atoms in total. The molecule has 2 unspecified atom stereocenters. The van der Waals surface area contributed by atoms with Crippen molar-refractivity contribution in [2.45, 2.75) is 57.9 Å². The molecule has 0 aliphatic rings. The lowest BCUT2D eigenvalue weighted by atomic mass is 9.83. The van der Waals surface area contributed by atoms with E-state index in [-0.39, 0.29) is 18.4 Å². The van der Waals surface area contributed by atoms with Crippen molar-refractivity contribution in [1.82, 2.24) is 4.90 Å². The van der Waals surface area contributed by atoms with Gasteiger partial charge < -0.3 is 19.9 Å². The number of benzene rings is 3. The predicted molar refractivity (Wildman–Crippen MR) is 150 cm³/mol. The summed E-state index contributed by atoms with van der Waals surface area (Å²) in [6.07, 6.45) is 0. The fourth-order valence-electron chi connectivity index (χ4n) is 4.55. The fraction of sp³-hybridized carbons (Fsp3) is 0.367. The van der Waals surface area contributed by atoms with Crippen molar-refractivity contribution in [2.75, 3.05) is 19.4 Å². The van der Waals surface area contributed by atoms with Crippen LogP contribution in [0.1, 0.15) is 72.6 Å². The number of amides is 1. The molecular weight excluding hydrogens is 484 g/mol. The normalized spacial score (nSPS) is 13.3. The van der Waals surface area contributed by atoms with Crippen LogP contribution in [0.15, 0.2) is 60.7 Å². The third kappa shape index (κ3) is 7.14. The summed E-state index contributed by atoms with van der Waals surface area (Å²) in [5.74, 6) is -0.609. The Hall–Kier alpha value is -2.84. The monoisotopic (exact) mass is 521 g/mol. The summed E-state index contributed by atoms with van der Waals surface area (Å²) >= 11 is -2.68. The van der Waals surface area contributed by atoms with Crippen LogP contribution in [0.5, 0.6) is 0 Å². The molecule has 1 amide bonds. The number of carbonyl (C=O) groups excluding carboxylic acids is 1. The van der Waals surface area contributed by atoms with E-state index < -0.39 is 22.2 Å². The molecule has 0 fully saturated rings. The second-order valence-electron chi connectivity index (χ2n) is 10.3. The third-order valence-corrected chi connectivity index (χ3v) is 7.18. The summed E-state index contributed by atoms with van der Waals surface area (Å²) in [7, 11) is 3.97. The molecule has 2 N–H and O–H groups in total. The maximum Gasteiger partial charge on any atom is 0.243 e. The maximum atomic E-state index is 13.5. The number of aliphatic hydroxyl groups excluding tert-OH is 1. The molecule has 0 heterocycles. The lowest BCUT2D eigenvalue weighted by molar-refractivity contribution is -0.116. The minimum Gasteiger partial charge on any atom is -0.771 e. The van der Waals surface area contributed by atoms with Gasteiger partial charge in [0.15, 0.2) is 0 Å². The minimum atomic E-state index is -2.68. The highest BCUT2D eigenvalue weighted by molar-refractivity contribution is 7.80. The van der Waals surface area contributed by atoms with Gasteiger partial charge in [0.1, 0.15) is 5.25 Å². The largest absolute Gasteiger partial charge is 0.771 e. The van der Waals surface area contributed by atoms with Crippen molar-refractivity contribution >= 4 is 22.7 Å². The zero-order valence-electron chi connectivity index (χ0n) is 22.4. The average Bonchev–Trinajstić information content (AvgIpc) is 2.84. The SMILES string of the molecule is CC(C)c1cc(-c2cccc(CO)c2)cc(C(C)C)c1C(C(=O)Nc1ccc(CN(C)C)cc1)S(=O)[O-]. The Morgan fingerprint density at radius 1 is 0.919 bits per heavy atom. The Balaban J connectivity index is 2.08. The topological polar surface area (TPSA) is 92.7 Å². The molecule has 0 saturated carbocycles. The highest BCUT2D eigenvalue weighted by Crippen LogP contribution is 2.39. The van der Waals surface area contributed by atoms with Crippen LogP contribution in [0.2, 0.25) is 0 Å². The van der Waals surface area contributed by atoms with Crippen LogP contribution in [-0.4, -0.2) is 38.8 Å². The molecule has 198 valence electrons. The number of nitrogens with one attached hydrogen (secondary N) is 1.